The first-order chi connectivity index (χ1) is 18.2. The molecule has 200 valence electrons. The highest BCUT2D eigenvalue weighted by molar-refractivity contribution is 7.99. The van der Waals surface area contributed by atoms with Gasteiger partial charge in [0.2, 0.25) is 5.69 Å². The highest BCUT2D eigenvalue weighted by Crippen LogP contribution is 2.41. The molecule has 1 aliphatic heterocycles. The average Bonchev–Trinajstić information content (AvgIpc) is 3.30. The van der Waals surface area contributed by atoms with E-state index in [0.717, 1.165) is 29.8 Å². The predicted octanol–water partition coefficient (Wildman–Crippen LogP) is 6.69. The van der Waals surface area contributed by atoms with Gasteiger partial charge in [-0.2, -0.15) is 5.10 Å². The molecule has 0 bridgehead atoms. The zero-order valence-electron chi connectivity index (χ0n) is 22.3. The molecular weight excluding hydrogens is 500 g/mol. The summed E-state index contributed by atoms with van der Waals surface area (Å²) in [5.41, 5.74) is 1.92. The minimum absolute atomic E-state index is 0.127. The first kappa shape index (κ1) is 27.3. The van der Waals surface area contributed by atoms with Crippen molar-refractivity contribution in [2.24, 2.45) is 0 Å². The first-order valence-electron chi connectivity index (χ1n) is 12.7. The number of pyridine rings is 1. The Labute approximate surface area is 228 Å². The molecule has 0 saturated carbocycles. The monoisotopic (exact) mass is 534 g/mol. The molecule has 3 aromatic rings. The van der Waals surface area contributed by atoms with Crippen LogP contribution in [0.3, 0.4) is 0 Å². The highest BCUT2D eigenvalue weighted by atomic mass is 32.2. The summed E-state index contributed by atoms with van der Waals surface area (Å²) in [6, 6.07) is 13.5. The van der Waals surface area contributed by atoms with E-state index in [9.17, 15) is 4.79 Å². The topological polar surface area (TPSA) is 96.7 Å². The molecule has 0 unspecified atom stereocenters. The summed E-state index contributed by atoms with van der Waals surface area (Å²) in [5, 5.41) is 11.1. The van der Waals surface area contributed by atoms with E-state index >= 15 is 0 Å². The second-order valence-electron chi connectivity index (χ2n) is 10.2. The number of aromatic amines is 1. The maximum Gasteiger partial charge on any atom is 0.410 e. The standard InChI is InChI=1S/C28H34N6O3S/c1-19-17-24(33-32-19)30-23-18-22(20-11-13-34(14-12-20)27(35)37-28(2,3)4)25(29-5)26(31-23)38-16-15-36-21-9-7-6-8-10-21/h6-10,17-18,20H,11-16H2,1-4H3,(H2,30,31,32,33). The second-order valence-corrected chi connectivity index (χ2v) is 11.3. The number of hydrogen-bond donors (Lipinski definition) is 2. The van der Waals surface area contributed by atoms with Gasteiger partial charge in [0, 0.05) is 30.6 Å². The average molecular weight is 535 g/mol. The molecule has 0 radical (unpaired) electrons. The quantitative estimate of drug-likeness (QED) is 0.189. The third kappa shape index (κ3) is 7.42. The summed E-state index contributed by atoms with van der Waals surface area (Å²) >= 11 is 1.51. The van der Waals surface area contributed by atoms with Crippen molar-refractivity contribution in [3.63, 3.8) is 0 Å². The molecule has 9 nitrogen and oxygen atoms in total. The van der Waals surface area contributed by atoms with E-state index in [1.54, 1.807) is 4.90 Å². The van der Waals surface area contributed by atoms with Crippen LogP contribution in [-0.2, 0) is 4.74 Å². The Hall–Kier alpha value is -3.71. The number of para-hydroxylation sites is 1. The lowest BCUT2D eigenvalue weighted by atomic mass is 9.89. The van der Waals surface area contributed by atoms with Gasteiger partial charge in [-0.05, 0) is 70.2 Å². The molecule has 1 aromatic carbocycles. The van der Waals surface area contributed by atoms with Crippen molar-refractivity contribution in [2.75, 3.05) is 30.8 Å². The van der Waals surface area contributed by atoms with Crippen LogP contribution in [-0.4, -0.2) is 57.2 Å². The molecule has 10 heteroatoms. The van der Waals surface area contributed by atoms with Gasteiger partial charge < -0.3 is 19.7 Å². The van der Waals surface area contributed by atoms with Crippen molar-refractivity contribution in [3.8, 4) is 5.75 Å². The van der Waals surface area contributed by atoms with E-state index < -0.39 is 5.60 Å². The smallest absolute Gasteiger partial charge is 0.410 e. The highest BCUT2D eigenvalue weighted by Gasteiger charge is 2.30. The van der Waals surface area contributed by atoms with E-state index in [1.807, 2.05) is 70.2 Å². The lowest BCUT2D eigenvalue weighted by Gasteiger charge is -2.34. The van der Waals surface area contributed by atoms with Crippen LogP contribution in [0, 0.1) is 13.5 Å². The summed E-state index contributed by atoms with van der Waals surface area (Å²) in [6.07, 6.45) is 1.20. The first-order valence-corrected chi connectivity index (χ1v) is 13.7. The van der Waals surface area contributed by atoms with Crippen LogP contribution in [0.5, 0.6) is 5.75 Å². The Morgan fingerprint density at radius 1 is 1.21 bits per heavy atom. The normalized spacial score (nSPS) is 14.1. The Morgan fingerprint density at radius 2 is 1.95 bits per heavy atom. The van der Waals surface area contributed by atoms with E-state index in [2.05, 4.69) is 20.4 Å². The number of carbonyl (C=O) groups is 1. The van der Waals surface area contributed by atoms with Gasteiger partial charge >= 0.3 is 6.09 Å². The van der Waals surface area contributed by atoms with Gasteiger partial charge in [0.1, 0.15) is 22.2 Å². The van der Waals surface area contributed by atoms with Crippen LogP contribution in [0.2, 0.25) is 0 Å². The summed E-state index contributed by atoms with van der Waals surface area (Å²) in [6.45, 7) is 17.2. The number of rotatable bonds is 8. The lowest BCUT2D eigenvalue weighted by Crippen LogP contribution is -2.41. The number of aromatic nitrogens is 3. The molecule has 1 fully saturated rings. The van der Waals surface area contributed by atoms with Crippen molar-refractivity contribution >= 4 is 35.2 Å². The molecule has 0 aliphatic carbocycles. The molecule has 3 heterocycles. The van der Waals surface area contributed by atoms with Crippen LogP contribution >= 0.6 is 11.8 Å². The molecular formula is C28H34N6O3S. The number of ether oxygens (including phenoxy) is 2. The van der Waals surface area contributed by atoms with Crippen molar-refractivity contribution in [1.29, 1.82) is 0 Å². The lowest BCUT2D eigenvalue weighted by molar-refractivity contribution is 0.0205. The Balaban J connectivity index is 1.51. The number of nitrogens with zero attached hydrogens (tertiary/aromatic N) is 4. The number of H-pyrrole nitrogens is 1. The van der Waals surface area contributed by atoms with Crippen LogP contribution < -0.4 is 10.1 Å². The number of likely N-dealkylation sites (tertiary alicyclic amines) is 1. The summed E-state index contributed by atoms with van der Waals surface area (Å²) < 4.78 is 11.4. The van der Waals surface area contributed by atoms with Gasteiger partial charge in [0.15, 0.2) is 5.82 Å². The number of anilines is 2. The molecule has 1 amide bonds. The number of piperidine rings is 1. The van der Waals surface area contributed by atoms with Crippen molar-refractivity contribution < 1.29 is 14.3 Å². The number of hydrogen-bond acceptors (Lipinski definition) is 7. The molecule has 4 rings (SSSR count). The molecule has 1 aliphatic rings. The number of thioether (sulfide) groups is 1. The van der Waals surface area contributed by atoms with Crippen LogP contribution in [0.25, 0.3) is 4.85 Å². The fourth-order valence-electron chi connectivity index (χ4n) is 4.25. The number of nitrogens with one attached hydrogen (secondary N) is 2. The molecule has 38 heavy (non-hydrogen) atoms. The van der Waals surface area contributed by atoms with Crippen LogP contribution in [0.1, 0.15) is 50.8 Å². The number of aryl methyl sites for hydroxylation is 1. The molecule has 1 saturated heterocycles. The maximum absolute atomic E-state index is 12.6. The van der Waals surface area contributed by atoms with Crippen molar-refractivity contribution in [1.82, 2.24) is 20.1 Å². The third-order valence-corrected chi connectivity index (χ3v) is 6.91. The zero-order valence-corrected chi connectivity index (χ0v) is 23.1. The second kappa shape index (κ2) is 12.2. The molecule has 0 atom stereocenters. The Morgan fingerprint density at radius 3 is 2.58 bits per heavy atom. The van der Waals surface area contributed by atoms with Crippen LogP contribution in [0.4, 0.5) is 22.1 Å². The van der Waals surface area contributed by atoms with Crippen molar-refractivity contribution in [2.45, 2.75) is 57.1 Å². The minimum atomic E-state index is -0.530. The van der Waals surface area contributed by atoms with Gasteiger partial charge in [0.05, 0.1) is 13.2 Å². The van der Waals surface area contributed by atoms with E-state index in [-0.39, 0.29) is 12.0 Å². The number of benzene rings is 1. The van der Waals surface area contributed by atoms with Gasteiger partial charge in [0.25, 0.3) is 0 Å². The minimum Gasteiger partial charge on any atom is -0.493 e. The van der Waals surface area contributed by atoms with Gasteiger partial charge in [-0.15, -0.1) is 11.8 Å². The largest absolute Gasteiger partial charge is 0.493 e. The van der Waals surface area contributed by atoms with E-state index in [1.165, 1.54) is 11.8 Å². The summed E-state index contributed by atoms with van der Waals surface area (Å²) in [7, 11) is 0. The summed E-state index contributed by atoms with van der Waals surface area (Å²) in [4.78, 5) is 23.0. The predicted molar refractivity (Wildman–Crippen MR) is 150 cm³/mol. The number of amides is 1. The maximum atomic E-state index is 12.6. The molecule has 2 aromatic heterocycles. The molecule has 2 N–H and O–H groups in total. The van der Waals surface area contributed by atoms with Crippen molar-refractivity contribution in [3.05, 3.63) is 65.1 Å². The van der Waals surface area contributed by atoms with Gasteiger partial charge in [-0.3, -0.25) is 5.10 Å². The Bertz CT molecular complexity index is 1270. The van der Waals surface area contributed by atoms with Gasteiger partial charge in [-0.25, -0.2) is 14.6 Å². The fourth-order valence-corrected chi connectivity index (χ4v) is 5.07. The van der Waals surface area contributed by atoms with Gasteiger partial charge in [-0.1, -0.05) is 18.2 Å². The van der Waals surface area contributed by atoms with Crippen LogP contribution in [0.15, 0.2) is 47.5 Å². The number of carbonyl (C=O) groups excluding carboxylic acids is 1. The zero-order chi connectivity index (χ0) is 27.1. The summed E-state index contributed by atoms with van der Waals surface area (Å²) in [5.74, 6) is 2.89. The Kier molecular flexibility index (Phi) is 8.79. The fraction of sp³-hybridized carbons (Fsp3) is 0.429. The van der Waals surface area contributed by atoms with E-state index in [4.69, 9.17) is 21.0 Å². The third-order valence-electron chi connectivity index (χ3n) is 5.98. The van der Waals surface area contributed by atoms with E-state index in [0.29, 0.717) is 47.8 Å². The SMILES string of the molecule is [C-]#[N+]c1c(C2CCN(C(=O)OC(C)(C)C)CC2)cc(Nc2cc(C)[nH]n2)nc1SCCOc1ccccc1. The molecule has 0 spiro atoms.